The van der Waals surface area contributed by atoms with Crippen molar-refractivity contribution in [2.24, 2.45) is 0 Å². The summed E-state index contributed by atoms with van der Waals surface area (Å²) in [6.45, 7) is 1.83. The lowest BCUT2D eigenvalue weighted by Crippen LogP contribution is -2.00. The van der Waals surface area contributed by atoms with Gasteiger partial charge in [0.05, 0.1) is 10.0 Å². The van der Waals surface area contributed by atoms with Crippen molar-refractivity contribution in [2.45, 2.75) is 6.92 Å². The number of hydrogen-bond acceptors (Lipinski definition) is 4. The van der Waals surface area contributed by atoms with E-state index in [4.69, 9.17) is 4.74 Å². The van der Waals surface area contributed by atoms with E-state index in [1.165, 1.54) is 12.4 Å². The number of nitrogens with zero attached hydrogens (tertiary/aromatic N) is 2. The molecule has 0 saturated carbocycles. The minimum Gasteiger partial charge on any atom is -0.438 e. The first kappa shape index (κ1) is 12.8. The van der Waals surface area contributed by atoms with Crippen LogP contribution in [-0.2, 0) is 0 Å². The molecule has 4 nitrogen and oxygen atoms in total. The van der Waals surface area contributed by atoms with Crippen LogP contribution in [0.25, 0.3) is 0 Å². The van der Waals surface area contributed by atoms with Crippen molar-refractivity contribution < 1.29 is 9.13 Å². The standard InChI is InChI=1S/C12H11BrFN3O/c1-7-11(15-2)16-6-17-12(7)18-8-3-4-9(13)10(14)5-8/h3-6H,1-2H3,(H,15,16,17). The lowest BCUT2D eigenvalue weighted by molar-refractivity contribution is 0.453. The second kappa shape index (κ2) is 5.30. The van der Waals surface area contributed by atoms with E-state index in [9.17, 15) is 4.39 Å². The zero-order chi connectivity index (χ0) is 13.1. The van der Waals surface area contributed by atoms with Crippen molar-refractivity contribution in [1.29, 1.82) is 0 Å². The van der Waals surface area contributed by atoms with E-state index in [1.807, 2.05) is 6.92 Å². The Kier molecular flexibility index (Phi) is 3.76. The number of rotatable bonds is 3. The first-order valence-corrected chi connectivity index (χ1v) is 6.03. The maximum atomic E-state index is 13.4. The SMILES string of the molecule is CNc1ncnc(Oc2ccc(Br)c(F)c2)c1C. The summed E-state index contributed by atoms with van der Waals surface area (Å²) in [5.41, 5.74) is 0.767. The number of ether oxygens (including phenoxy) is 1. The van der Waals surface area contributed by atoms with Crippen LogP contribution in [0, 0.1) is 12.7 Å². The van der Waals surface area contributed by atoms with E-state index >= 15 is 0 Å². The van der Waals surface area contributed by atoms with Crippen LogP contribution in [0.15, 0.2) is 29.0 Å². The number of aromatic nitrogens is 2. The predicted molar refractivity (Wildman–Crippen MR) is 70.5 cm³/mol. The normalized spacial score (nSPS) is 10.2. The van der Waals surface area contributed by atoms with E-state index in [-0.39, 0.29) is 5.82 Å². The molecule has 0 radical (unpaired) electrons. The van der Waals surface area contributed by atoms with Crippen LogP contribution in [0.4, 0.5) is 10.2 Å². The van der Waals surface area contributed by atoms with Crippen molar-refractivity contribution >= 4 is 21.7 Å². The van der Waals surface area contributed by atoms with E-state index in [1.54, 1.807) is 19.2 Å². The Morgan fingerprint density at radius 1 is 1.33 bits per heavy atom. The molecule has 0 unspecified atom stereocenters. The quantitative estimate of drug-likeness (QED) is 0.942. The highest BCUT2D eigenvalue weighted by molar-refractivity contribution is 9.10. The molecule has 0 saturated heterocycles. The van der Waals surface area contributed by atoms with E-state index in [0.717, 1.165) is 5.56 Å². The molecule has 1 N–H and O–H groups in total. The van der Waals surface area contributed by atoms with Crippen LogP contribution < -0.4 is 10.1 Å². The van der Waals surface area contributed by atoms with Crippen LogP contribution >= 0.6 is 15.9 Å². The molecule has 0 amide bonds. The second-order valence-corrected chi connectivity index (χ2v) is 4.43. The maximum Gasteiger partial charge on any atom is 0.227 e. The van der Waals surface area contributed by atoms with Crippen LogP contribution in [-0.4, -0.2) is 17.0 Å². The average molecular weight is 312 g/mol. The highest BCUT2D eigenvalue weighted by Gasteiger charge is 2.09. The fraction of sp³-hybridized carbons (Fsp3) is 0.167. The Morgan fingerprint density at radius 2 is 2.11 bits per heavy atom. The number of benzene rings is 1. The summed E-state index contributed by atoms with van der Waals surface area (Å²) >= 11 is 3.09. The van der Waals surface area contributed by atoms with E-state index < -0.39 is 0 Å². The zero-order valence-electron chi connectivity index (χ0n) is 9.87. The molecule has 0 aliphatic rings. The van der Waals surface area contributed by atoms with E-state index in [0.29, 0.717) is 21.9 Å². The molecule has 0 fully saturated rings. The summed E-state index contributed by atoms with van der Waals surface area (Å²) in [6.07, 6.45) is 1.39. The molecule has 94 valence electrons. The molecule has 0 aliphatic heterocycles. The van der Waals surface area contributed by atoms with Crippen LogP contribution in [0.3, 0.4) is 0 Å². The predicted octanol–water partition coefficient (Wildman–Crippen LogP) is 3.52. The summed E-state index contributed by atoms with van der Waals surface area (Å²) in [4.78, 5) is 8.07. The van der Waals surface area contributed by atoms with Gasteiger partial charge in [-0.2, -0.15) is 0 Å². The molecule has 2 aromatic rings. The molecule has 0 atom stereocenters. The molecule has 2 rings (SSSR count). The summed E-state index contributed by atoms with van der Waals surface area (Å²) in [7, 11) is 1.76. The molecule has 0 spiro atoms. The minimum atomic E-state index is -0.381. The van der Waals surface area contributed by atoms with Crippen molar-refractivity contribution in [2.75, 3.05) is 12.4 Å². The Bertz CT molecular complexity index is 577. The van der Waals surface area contributed by atoms with Gasteiger partial charge in [0.15, 0.2) is 0 Å². The number of halogens is 2. The highest BCUT2D eigenvalue weighted by atomic mass is 79.9. The first-order valence-electron chi connectivity index (χ1n) is 5.24. The van der Waals surface area contributed by atoms with Gasteiger partial charge in [0.1, 0.15) is 23.7 Å². The summed E-state index contributed by atoms with van der Waals surface area (Å²) < 4.78 is 19.3. The van der Waals surface area contributed by atoms with Gasteiger partial charge in [0.25, 0.3) is 0 Å². The van der Waals surface area contributed by atoms with Gasteiger partial charge in [0.2, 0.25) is 5.88 Å². The molecule has 0 bridgehead atoms. The van der Waals surface area contributed by atoms with Gasteiger partial charge >= 0.3 is 0 Å². The Morgan fingerprint density at radius 3 is 2.78 bits per heavy atom. The second-order valence-electron chi connectivity index (χ2n) is 3.58. The Balaban J connectivity index is 2.31. The minimum absolute atomic E-state index is 0.381. The van der Waals surface area contributed by atoms with Gasteiger partial charge in [-0.15, -0.1) is 0 Å². The average Bonchev–Trinajstić information content (AvgIpc) is 2.36. The fourth-order valence-electron chi connectivity index (χ4n) is 1.44. The maximum absolute atomic E-state index is 13.4. The molecule has 0 aliphatic carbocycles. The zero-order valence-corrected chi connectivity index (χ0v) is 11.5. The van der Waals surface area contributed by atoms with Crippen LogP contribution in [0.5, 0.6) is 11.6 Å². The molecule has 1 heterocycles. The Hall–Kier alpha value is -1.69. The number of nitrogens with one attached hydrogen (secondary N) is 1. The fourth-order valence-corrected chi connectivity index (χ4v) is 1.69. The topological polar surface area (TPSA) is 47.0 Å². The third-order valence-corrected chi connectivity index (χ3v) is 3.02. The molecule has 18 heavy (non-hydrogen) atoms. The largest absolute Gasteiger partial charge is 0.438 e. The number of hydrogen-bond donors (Lipinski definition) is 1. The van der Waals surface area contributed by atoms with Crippen molar-refractivity contribution in [1.82, 2.24) is 9.97 Å². The molecular formula is C12H11BrFN3O. The first-order chi connectivity index (χ1) is 8.61. The van der Waals surface area contributed by atoms with Gasteiger partial charge in [-0.3, -0.25) is 0 Å². The van der Waals surface area contributed by atoms with Crippen LogP contribution in [0.1, 0.15) is 5.56 Å². The van der Waals surface area contributed by atoms with Crippen molar-refractivity contribution in [3.8, 4) is 11.6 Å². The smallest absolute Gasteiger partial charge is 0.227 e. The third-order valence-electron chi connectivity index (χ3n) is 2.38. The lowest BCUT2D eigenvalue weighted by atomic mass is 10.3. The highest BCUT2D eigenvalue weighted by Crippen LogP contribution is 2.28. The van der Waals surface area contributed by atoms with Crippen LogP contribution in [0.2, 0.25) is 0 Å². The summed E-state index contributed by atoms with van der Waals surface area (Å²) in [5, 5.41) is 2.93. The van der Waals surface area contributed by atoms with Crippen molar-refractivity contribution in [3.05, 3.63) is 40.4 Å². The number of anilines is 1. The van der Waals surface area contributed by atoms with Crippen molar-refractivity contribution in [3.63, 3.8) is 0 Å². The Labute approximate surface area is 112 Å². The van der Waals surface area contributed by atoms with Gasteiger partial charge < -0.3 is 10.1 Å². The lowest BCUT2D eigenvalue weighted by Gasteiger charge is -2.10. The molecule has 1 aromatic heterocycles. The summed E-state index contributed by atoms with van der Waals surface area (Å²) in [5.74, 6) is 1.08. The third kappa shape index (κ3) is 2.59. The molecule has 6 heteroatoms. The van der Waals surface area contributed by atoms with Gasteiger partial charge in [-0.25, -0.2) is 14.4 Å². The molecule has 1 aromatic carbocycles. The summed E-state index contributed by atoms with van der Waals surface area (Å²) in [6, 6.07) is 4.54. The molecular weight excluding hydrogens is 301 g/mol. The van der Waals surface area contributed by atoms with Gasteiger partial charge in [0, 0.05) is 13.1 Å². The van der Waals surface area contributed by atoms with Gasteiger partial charge in [-0.05, 0) is 35.0 Å². The van der Waals surface area contributed by atoms with E-state index in [2.05, 4.69) is 31.2 Å². The van der Waals surface area contributed by atoms with Gasteiger partial charge in [-0.1, -0.05) is 0 Å². The monoisotopic (exact) mass is 311 g/mol.